The number of unbranched alkanes of at least 4 members (excludes halogenated alkanes) is 1. The highest BCUT2D eigenvalue weighted by atomic mass is 32.1. The molecule has 2 heterocycles. The van der Waals surface area contributed by atoms with E-state index in [1.807, 2.05) is 5.38 Å². The molecule has 0 aromatic carbocycles. The maximum atomic E-state index is 9.69. The second kappa shape index (κ2) is 9.07. The fourth-order valence-electron chi connectivity index (χ4n) is 2.94. The summed E-state index contributed by atoms with van der Waals surface area (Å²) in [6, 6.07) is 0.305. The first-order valence-electron chi connectivity index (χ1n) is 8.82. The van der Waals surface area contributed by atoms with Crippen LogP contribution >= 0.6 is 11.3 Å². The van der Waals surface area contributed by atoms with E-state index >= 15 is 0 Å². The van der Waals surface area contributed by atoms with Crippen molar-refractivity contribution >= 4 is 23.1 Å². The third-order valence-electron chi connectivity index (χ3n) is 4.36. The molecule has 0 spiro atoms. The molecule has 1 aliphatic carbocycles. The molecule has 0 aliphatic heterocycles. The van der Waals surface area contributed by atoms with Gasteiger partial charge in [0.05, 0.1) is 11.7 Å². The van der Waals surface area contributed by atoms with Crippen LogP contribution in [0.15, 0.2) is 17.8 Å². The van der Waals surface area contributed by atoms with Gasteiger partial charge in [-0.05, 0) is 38.5 Å². The monoisotopic (exact) mass is 363 g/mol. The van der Waals surface area contributed by atoms with Gasteiger partial charge in [0.1, 0.15) is 10.8 Å². The van der Waals surface area contributed by atoms with Crippen LogP contribution in [0.1, 0.15) is 38.5 Å². The summed E-state index contributed by atoms with van der Waals surface area (Å²) < 4.78 is 0. The van der Waals surface area contributed by atoms with Gasteiger partial charge in [-0.1, -0.05) is 0 Å². The second-order valence-corrected chi connectivity index (χ2v) is 7.19. The van der Waals surface area contributed by atoms with Gasteiger partial charge in [-0.15, -0.1) is 11.3 Å². The molecule has 2 aromatic heterocycles. The van der Waals surface area contributed by atoms with Crippen LogP contribution in [-0.2, 0) is 0 Å². The van der Waals surface area contributed by atoms with E-state index in [1.54, 1.807) is 23.7 Å². The Balaban J connectivity index is 1.73. The molecule has 0 amide bonds. The molecule has 1 fully saturated rings. The number of aliphatic hydroxyl groups excluding tert-OH is 2. The highest BCUT2D eigenvalue weighted by molar-refractivity contribution is 7.13. The molecule has 25 heavy (non-hydrogen) atoms. The van der Waals surface area contributed by atoms with Crippen LogP contribution in [0.25, 0.3) is 10.6 Å². The van der Waals surface area contributed by atoms with Crippen molar-refractivity contribution in [1.29, 1.82) is 0 Å². The predicted octanol–water partition coefficient (Wildman–Crippen LogP) is 2.50. The Morgan fingerprint density at radius 1 is 1.16 bits per heavy atom. The average Bonchev–Trinajstić information content (AvgIpc) is 3.15. The van der Waals surface area contributed by atoms with E-state index in [2.05, 4.69) is 25.6 Å². The number of nitrogens with zero attached hydrogens (tertiary/aromatic N) is 3. The number of hydrogen-bond acceptors (Lipinski definition) is 8. The number of aliphatic hydroxyl groups is 2. The summed E-state index contributed by atoms with van der Waals surface area (Å²) in [4.78, 5) is 13.4. The largest absolute Gasteiger partial charge is 0.396 e. The van der Waals surface area contributed by atoms with E-state index in [0.29, 0.717) is 12.0 Å². The number of thiazole rings is 1. The lowest BCUT2D eigenvalue weighted by Crippen LogP contribution is -2.29. The standard InChI is InChI=1S/C17H25N5O2S/c23-9-2-1-7-19-17-20-11-14(16-18-8-10-25-16)15(22-17)21-12-3-5-13(24)6-4-12/h8,10-13,23-24H,1-7,9H2,(H2,19,20,21,22). The molecule has 2 aromatic rings. The minimum Gasteiger partial charge on any atom is -0.396 e. The SMILES string of the molecule is OCCCCNc1ncc(-c2nccs2)c(NC2CCC(O)CC2)n1. The predicted molar refractivity (Wildman–Crippen MR) is 99.8 cm³/mol. The number of hydrogen-bond donors (Lipinski definition) is 4. The molecule has 0 unspecified atom stereocenters. The zero-order chi connectivity index (χ0) is 17.5. The Morgan fingerprint density at radius 2 is 2.00 bits per heavy atom. The number of aromatic nitrogens is 3. The van der Waals surface area contributed by atoms with Gasteiger partial charge in [-0.2, -0.15) is 4.98 Å². The average molecular weight is 363 g/mol. The maximum absolute atomic E-state index is 9.69. The second-order valence-electron chi connectivity index (χ2n) is 6.30. The van der Waals surface area contributed by atoms with Gasteiger partial charge in [0.2, 0.25) is 5.95 Å². The summed E-state index contributed by atoms with van der Waals surface area (Å²) in [6.07, 6.45) is 8.55. The molecule has 0 bridgehead atoms. The molecule has 1 saturated carbocycles. The van der Waals surface area contributed by atoms with Crippen molar-refractivity contribution in [2.45, 2.75) is 50.7 Å². The Kier molecular flexibility index (Phi) is 6.55. The van der Waals surface area contributed by atoms with Crippen molar-refractivity contribution in [2.24, 2.45) is 0 Å². The lowest BCUT2D eigenvalue weighted by Gasteiger charge is -2.27. The van der Waals surface area contributed by atoms with Crippen molar-refractivity contribution in [2.75, 3.05) is 23.8 Å². The lowest BCUT2D eigenvalue weighted by atomic mass is 9.93. The van der Waals surface area contributed by atoms with E-state index in [4.69, 9.17) is 5.11 Å². The highest BCUT2D eigenvalue weighted by Crippen LogP contribution is 2.30. The molecule has 3 rings (SSSR count). The van der Waals surface area contributed by atoms with Gasteiger partial charge >= 0.3 is 0 Å². The molecule has 7 nitrogen and oxygen atoms in total. The first kappa shape index (κ1) is 18.0. The Hall–Kier alpha value is -1.77. The summed E-state index contributed by atoms with van der Waals surface area (Å²) in [7, 11) is 0. The number of nitrogens with one attached hydrogen (secondary N) is 2. The zero-order valence-electron chi connectivity index (χ0n) is 14.2. The van der Waals surface area contributed by atoms with Crippen LogP contribution in [0, 0.1) is 0 Å². The molecule has 0 radical (unpaired) electrons. The van der Waals surface area contributed by atoms with Crippen LogP contribution in [0.2, 0.25) is 0 Å². The van der Waals surface area contributed by atoms with Crippen LogP contribution in [-0.4, -0.2) is 50.5 Å². The van der Waals surface area contributed by atoms with Gasteiger partial charge < -0.3 is 20.8 Å². The quantitative estimate of drug-likeness (QED) is 0.534. The molecule has 0 saturated heterocycles. The number of rotatable bonds is 8. The third-order valence-corrected chi connectivity index (χ3v) is 5.16. The lowest BCUT2D eigenvalue weighted by molar-refractivity contribution is 0.126. The molecule has 8 heteroatoms. The van der Waals surface area contributed by atoms with Gasteiger partial charge in [-0.3, -0.25) is 0 Å². The smallest absolute Gasteiger partial charge is 0.224 e. The molecule has 0 atom stereocenters. The summed E-state index contributed by atoms with van der Waals surface area (Å²) in [6.45, 7) is 0.929. The van der Waals surface area contributed by atoms with E-state index in [-0.39, 0.29) is 12.7 Å². The van der Waals surface area contributed by atoms with E-state index in [9.17, 15) is 5.11 Å². The van der Waals surface area contributed by atoms with Crippen LogP contribution in [0.5, 0.6) is 0 Å². The molecule has 1 aliphatic rings. The Morgan fingerprint density at radius 3 is 2.72 bits per heavy atom. The van der Waals surface area contributed by atoms with E-state index in [1.165, 1.54) is 0 Å². The van der Waals surface area contributed by atoms with Crippen molar-refractivity contribution in [3.8, 4) is 10.6 Å². The van der Waals surface area contributed by atoms with Crippen molar-refractivity contribution < 1.29 is 10.2 Å². The highest BCUT2D eigenvalue weighted by Gasteiger charge is 2.21. The van der Waals surface area contributed by atoms with Crippen molar-refractivity contribution in [3.63, 3.8) is 0 Å². The summed E-state index contributed by atoms with van der Waals surface area (Å²) in [5.41, 5.74) is 0.905. The summed E-state index contributed by atoms with van der Waals surface area (Å²) >= 11 is 1.56. The number of anilines is 2. The van der Waals surface area contributed by atoms with E-state index in [0.717, 1.165) is 61.5 Å². The third kappa shape index (κ3) is 5.10. The molecule has 4 N–H and O–H groups in total. The van der Waals surface area contributed by atoms with Crippen LogP contribution in [0.3, 0.4) is 0 Å². The zero-order valence-corrected chi connectivity index (χ0v) is 15.0. The summed E-state index contributed by atoms with van der Waals surface area (Å²) in [5.74, 6) is 1.37. The van der Waals surface area contributed by atoms with Crippen LogP contribution in [0.4, 0.5) is 11.8 Å². The molecular formula is C17H25N5O2S. The Labute approximate surface area is 151 Å². The molecular weight excluding hydrogens is 338 g/mol. The van der Waals surface area contributed by atoms with Gasteiger partial charge in [0.25, 0.3) is 0 Å². The maximum Gasteiger partial charge on any atom is 0.224 e. The van der Waals surface area contributed by atoms with Gasteiger partial charge in [0, 0.05) is 37.0 Å². The minimum absolute atomic E-state index is 0.175. The first-order chi connectivity index (χ1) is 12.3. The Bertz CT molecular complexity index is 644. The van der Waals surface area contributed by atoms with Crippen LogP contribution < -0.4 is 10.6 Å². The van der Waals surface area contributed by atoms with Crippen molar-refractivity contribution in [3.05, 3.63) is 17.8 Å². The van der Waals surface area contributed by atoms with Gasteiger partial charge in [-0.25, -0.2) is 9.97 Å². The minimum atomic E-state index is -0.175. The normalized spacial score (nSPS) is 20.4. The van der Waals surface area contributed by atoms with Gasteiger partial charge in [0.15, 0.2) is 0 Å². The van der Waals surface area contributed by atoms with Crippen molar-refractivity contribution in [1.82, 2.24) is 15.0 Å². The van der Waals surface area contributed by atoms with E-state index < -0.39 is 0 Å². The molecule has 136 valence electrons. The fourth-order valence-corrected chi connectivity index (χ4v) is 3.59. The fraction of sp³-hybridized carbons (Fsp3) is 0.588. The first-order valence-corrected chi connectivity index (χ1v) is 9.70. The summed E-state index contributed by atoms with van der Waals surface area (Å²) in [5, 5.41) is 28.1. The topological polar surface area (TPSA) is 103 Å².